The molecular weight excluding hydrogens is 1060 g/mol. The van der Waals surface area contributed by atoms with Gasteiger partial charge < -0.3 is 37.2 Å². The van der Waals surface area contributed by atoms with Crippen molar-refractivity contribution in [1.29, 1.82) is 0 Å². The normalized spacial score (nSPS) is 16.2. The Balaban J connectivity index is 0.764. The van der Waals surface area contributed by atoms with Crippen molar-refractivity contribution in [3.05, 3.63) is 89.0 Å². The molecule has 1 fully saturated rings. The smallest absolute Gasteiger partial charge is 0.423 e. The molecule has 26 heteroatoms. The van der Waals surface area contributed by atoms with Gasteiger partial charge in [0.25, 0.3) is 11.8 Å². The summed E-state index contributed by atoms with van der Waals surface area (Å²) in [5.41, 5.74) is -0.931. The number of carbonyl (C=O) groups excluding carboxylic acids is 5. The minimum Gasteiger partial charge on any atom is -0.506 e. The number of alkyl halides is 6. The molecule has 0 spiro atoms. The molecule has 70 heavy (non-hydrogen) atoms. The van der Waals surface area contributed by atoms with Crippen LogP contribution in [0.1, 0.15) is 56.8 Å². The van der Waals surface area contributed by atoms with E-state index in [2.05, 4.69) is 25.9 Å². The van der Waals surface area contributed by atoms with Crippen LogP contribution in [-0.4, -0.2) is 138 Å². The molecule has 0 aliphatic carbocycles. The van der Waals surface area contributed by atoms with Crippen LogP contribution in [0.15, 0.2) is 61.1 Å². The first-order valence-electron chi connectivity index (χ1n) is 21.3. The number of phenolic OH excluding ortho intramolecular Hbond substituents is 1. The lowest BCUT2D eigenvalue weighted by Gasteiger charge is -2.27. The standard InChI is InChI=1S/C44H43F6IN8O11/c1-57-31(19-34(51-57)44(48,49)50)28-6-8-33(37(39(28)62)25-18-26(21-52-20-25)43(45,46)47)69-12-3-10-53-36(61)24-68-17-16-67-15-14-66-13-11-58-22-27(55-56-58)23-70-32-5-2-4-29-38(32)42(65)59(41(29)64)30-7-9-35(60)54-40(30)63/h2,4-6,8,18-22,30,62H,3,7,9-17,23-24H2,1H3,(H,53,61)(H,54,60,63). The second-order valence-corrected chi connectivity index (χ2v) is 18.5. The Labute approximate surface area is 404 Å². The van der Waals surface area contributed by atoms with Crippen molar-refractivity contribution >= 4 is 59.7 Å². The topological polar surface area (TPSA) is 226 Å². The molecule has 0 bridgehead atoms. The average molecular weight is 1100 g/mol. The molecule has 5 amide bonds. The van der Waals surface area contributed by atoms with Crippen LogP contribution >= 0.6 is 21.0 Å². The van der Waals surface area contributed by atoms with Crippen molar-refractivity contribution < 1.29 is 79.1 Å². The minimum atomic E-state index is -4.77. The lowest BCUT2D eigenvalue weighted by atomic mass is 9.98. The van der Waals surface area contributed by atoms with Gasteiger partial charge in [0.1, 0.15) is 45.7 Å². The summed E-state index contributed by atoms with van der Waals surface area (Å²) in [5, 5.41) is 24.2. The second-order valence-electron chi connectivity index (χ2n) is 15.4. The zero-order valence-electron chi connectivity index (χ0n) is 36.9. The summed E-state index contributed by atoms with van der Waals surface area (Å²) in [6.45, 7) is 1.06. The summed E-state index contributed by atoms with van der Waals surface area (Å²) >= 11 is -1.65. The number of nitrogens with zero attached hydrogens (tertiary/aromatic N) is 6. The van der Waals surface area contributed by atoms with Gasteiger partial charge in [0.05, 0.1) is 80.3 Å². The largest absolute Gasteiger partial charge is 0.506 e. The SMILES string of the molecule is CN1I=C(C(F)(F)F)C=C1c1ccc(OCCCNC(=O)COCCOCCOCCn2cc(COc3cccc4c3C(=O)N(C3CCC(=O)NC3=O)C4=O)nn2)c(-c2cncc(C(F)(F)F)c2)c1O. The van der Waals surface area contributed by atoms with Gasteiger partial charge in [0, 0.05) is 64.5 Å². The number of allylic oxidation sites excluding steroid dienone is 1. The molecular formula is C44H43F6IN8O11. The number of benzene rings is 2. The van der Waals surface area contributed by atoms with E-state index in [-0.39, 0.29) is 124 Å². The number of nitrogens with one attached hydrogen (secondary N) is 2. The third-order valence-corrected chi connectivity index (χ3v) is 13.3. The molecule has 3 N–H and O–H groups in total. The number of phenols is 1. The maximum Gasteiger partial charge on any atom is 0.423 e. The first-order chi connectivity index (χ1) is 33.4. The zero-order chi connectivity index (χ0) is 50.2. The lowest BCUT2D eigenvalue weighted by Crippen LogP contribution is -2.54. The fourth-order valence-electron chi connectivity index (χ4n) is 7.27. The molecule has 2 aromatic heterocycles. The lowest BCUT2D eigenvalue weighted by molar-refractivity contribution is -0.138. The molecule has 19 nitrogen and oxygen atoms in total. The number of pyridine rings is 1. The van der Waals surface area contributed by atoms with Crippen molar-refractivity contribution in [2.24, 2.45) is 0 Å². The molecule has 1 unspecified atom stereocenters. The van der Waals surface area contributed by atoms with Gasteiger partial charge in [0.15, 0.2) is 0 Å². The molecule has 0 radical (unpaired) electrons. The number of hydrogen-bond acceptors (Lipinski definition) is 15. The third kappa shape index (κ3) is 12.4. The van der Waals surface area contributed by atoms with Crippen LogP contribution in [0.2, 0.25) is 0 Å². The van der Waals surface area contributed by atoms with Crippen LogP contribution in [0.5, 0.6) is 17.2 Å². The second kappa shape index (κ2) is 22.5. The average Bonchev–Trinajstić information content (AvgIpc) is 4.01. The Kier molecular flexibility index (Phi) is 16.5. The monoisotopic (exact) mass is 1100 g/mol. The van der Waals surface area contributed by atoms with Crippen molar-refractivity contribution in [3.63, 3.8) is 0 Å². The van der Waals surface area contributed by atoms with Gasteiger partial charge in [-0.25, -0.2) is 4.68 Å². The molecule has 374 valence electrons. The number of carbonyl (C=O) groups is 5. The van der Waals surface area contributed by atoms with Crippen molar-refractivity contribution in [3.8, 4) is 28.4 Å². The van der Waals surface area contributed by atoms with Gasteiger partial charge in [-0.05, 0) is 49.2 Å². The summed E-state index contributed by atoms with van der Waals surface area (Å²) in [6.07, 6.45) is -4.89. The van der Waals surface area contributed by atoms with E-state index < -0.39 is 83.8 Å². The van der Waals surface area contributed by atoms with Crippen LogP contribution in [0, 0.1) is 0 Å². The van der Waals surface area contributed by atoms with E-state index in [1.807, 2.05) is 0 Å². The Bertz CT molecular complexity index is 2700. The molecule has 1 saturated heterocycles. The Hall–Kier alpha value is -6.52. The third-order valence-electron chi connectivity index (χ3n) is 10.6. The van der Waals surface area contributed by atoms with Gasteiger partial charge in [0.2, 0.25) is 17.7 Å². The predicted molar refractivity (Wildman–Crippen MR) is 240 cm³/mol. The molecule has 2 aromatic carbocycles. The fourth-order valence-corrected chi connectivity index (χ4v) is 9.41. The van der Waals surface area contributed by atoms with Crippen LogP contribution in [0.25, 0.3) is 16.8 Å². The molecule has 0 saturated carbocycles. The van der Waals surface area contributed by atoms with E-state index in [1.165, 1.54) is 39.1 Å². The molecule has 7 rings (SSSR count). The number of aromatic hydroxyl groups is 1. The Morgan fingerprint density at radius 1 is 0.886 bits per heavy atom. The number of imide groups is 2. The molecule has 5 heterocycles. The molecule has 4 aromatic rings. The summed E-state index contributed by atoms with van der Waals surface area (Å²) in [5.74, 6) is -3.48. The predicted octanol–water partition coefficient (Wildman–Crippen LogP) is 4.59. The quantitative estimate of drug-likeness (QED) is 0.0322. The number of amides is 5. The van der Waals surface area contributed by atoms with E-state index in [4.69, 9.17) is 23.7 Å². The van der Waals surface area contributed by atoms with Crippen LogP contribution < -0.4 is 20.1 Å². The maximum absolute atomic E-state index is 13.6. The highest BCUT2D eigenvalue weighted by Crippen LogP contribution is 2.47. The highest BCUT2D eigenvalue weighted by Gasteiger charge is 2.46. The van der Waals surface area contributed by atoms with E-state index in [0.29, 0.717) is 18.4 Å². The van der Waals surface area contributed by atoms with Gasteiger partial charge in [-0.15, -0.1) is 5.10 Å². The highest BCUT2D eigenvalue weighted by atomic mass is 127. The first kappa shape index (κ1) is 51.3. The van der Waals surface area contributed by atoms with Gasteiger partial charge in [-0.1, -0.05) is 11.3 Å². The van der Waals surface area contributed by atoms with E-state index in [9.17, 15) is 55.4 Å². The van der Waals surface area contributed by atoms with Crippen molar-refractivity contribution in [1.82, 2.24) is 38.6 Å². The summed E-state index contributed by atoms with van der Waals surface area (Å²) in [7, 11) is 1.43. The van der Waals surface area contributed by atoms with Crippen molar-refractivity contribution in [2.75, 3.05) is 59.8 Å². The fraction of sp³-hybridized carbons (Fsp3) is 0.386. The molecule has 3 aliphatic rings. The number of halogens is 7. The Morgan fingerprint density at radius 2 is 1.63 bits per heavy atom. The van der Waals surface area contributed by atoms with Crippen LogP contribution in [0.3, 0.4) is 0 Å². The van der Waals surface area contributed by atoms with Crippen molar-refractivity contribution in [2.45, 2.75) is 50.8 Å². The van der Waals surface area contributed by atoms with Gasteiger partial charge in [-0.3, -0.25) is 39.2 Å². The number of piperidine rings is 1. The van der Waals surface area contributed by atoms with E-state index in [1.54, 1.807) is 12.3 Å². The zero-order valence-corrected chi connectivity index (χ0v) is 39.1. The molecule has 1 atom stereocenters. The summed E-state index contributed by atoms with van der Waals surface area (Å²) in [4.78, 5) is 67.2. The summed E-state index contributed by atoms with van der Waals surface area (Å²) in [6, 6.07) is 6.86. The highest BCUT2D eigenvalue weighted by molar-refractivity contribution is 14.2. The van der Waals surface area contributed by atoms with Gasteiger partial charge in [-0.2, -0.15) is 26.3 Å². The Morgan fingerprint density at radius 3 is 2.36 bits per heavy atom. The first-order valence-corrected chi connectivity index (χ1v) is 23.4. The van der Waals surface area contributed by atoms with E-state index >= 15 is 0 Å². The number of hydrogen-bond donors (Lipinski definition) is 3. The minimum absolute atomic E-state index is 0.00176. The number of fused-ring (bicyclic) bond motifs is 1. The van der Waals surface area contributed by atoms with Crippen LogP contribution in [-0.2, 0) is 47.9 Å². The summed E-state index contributed by atoms with van der Waals surface area (Å²) < 4.78 is 111. The maximum atomic E-state index is 13.6. The van der Waals surface area contributed by atoms with E-state index in [0.717, 1.165) is 23.2 Å². The number of ether oxygens (including phenoxy) is 5. The number of rotatable bonds is 22. The molecule has 3 aliphatic heterocycles. The van der Waals surface area contributed by atoms with Gasteiger partial charge >= 0.3 is 12.4 Å². The number of aromatic nitrogens is 4. The van der Waals surface area contributed by atoms with Crippen LogP contribution in [0.4, 0.5) is 26.3 Å².